The molecule has 0 saturated carbocycles. The van der Waals surface area contributed by atoms with Crippen LogP contribution in [-0.2, 0) is 4.74 Å². The van der Waals surface area contributed by atoms with Gasteiger partial charge in [-0.15, -0.1) is 0 Å². The number of fused-ring (bicyclic) bond motifs is 1. The van der Waals surface area contributed by atoms with Gasteiger partial charge in [0, 0.05) is 10.9 Å². The van der Waals surface area contributed by atoms with Gasteiger partial charge in [-0.05, 0) is 44.4 Å². The Kier molecular flexibility index (Phi) is 6.89. The largest absolute Gasteiger partial charge is 0.491 e. The molecule has 1 atom stereocenters. The Morgan fingerprint density at radius 2 is 1.90 bits per heavy atom. The van der Waals surface area contributed by atoms with Gasteiger partial charge in [0.05, 0.1) is 19.7 Å². The highest BCUT2D eigenvalue weighted by molar-refractivity contribution is 6.09. The minimum atomic E-state index is -0.530. The molecule has 1 aromatic heterocycles. The summed E-state index contributed by atoms with van der Waals surface area (Å²) in [5.74, 6) is 0.650. The van der Waals surface area contributed by atoms with Gasteiger partial charge in [-0.2, -0.15) is 0 Å². The van der Waals surface area contributed by atoms with Crippen molar-refractivity contribution in [3.05, 3.63) is 54.1 Å². The van der Waals surface area contributed by atoms with E-state index in [2.05, 4.69) is 0 Å². The van der Waals surface area contributed by atoms with Gasteiger partial charge in [-0.25, -0.2) is 4.79 Å². The van der Waals surface area contributed by atoms with Gasteiger partial charge in [-0.1, -0.05) is 30.3 Å². The summed E-state index contributed by atoms with van der Waals surface area (Å²) in [6.07, 6.45) is 3.20. The number of piperidine rings is 1. The van der Waals surface area contributed by atoms with Crippen molar-refractivity contribution in [2.24, 2.45) is 0 Å². The SMILES string of the molecule is CCOC(=O)c1c(-c2ccccc2)oc2ccc(OC[C@H](O)C[NH+]3CCCCC3)cc12. The molecule has 2 aromatic carbocycles. The second-order valence-electron chi connectivity index (χ2n) is 8.03. The molecular weight excluding hydrogens is 394 g/mol. The minimum Gasteiger partial charge on any atom is -0.491 e. The molecule has 1 aliphatic heterocycles. The zero-order valence-electron chi connectivity index (χ0n) is 17.9. The van der Waals surface area contributed by atoms with Crippen LogP contribution in [0.15, 0.2) is 52.9 Å². The highest BCUT2D eigenvalue weighted by Gasteiger charge is 2.24. The number of aliphatic hydroxyl groups excluding tert-OH is 1. The molecule has 0 spiro atoms. The van der Waals surface area contributed by atoms with E-state index < -0.39 is 12.1 Å². The van der Waals surface area contributed by atoms with Gasteiger partial charge >= 0.3 is 5.97 Å². The molecule has 0 bridgehead atoms. The Hall–Kier alpha value is -2.83. The van der Waals surface area contributed by atoms with Crippen molar-refractivity contribution >= 4 is 16.9 Å². The van der Waals surface area contributed by atoms with E-state index in [1.54, 1.807) is 25.1 Å². The third-order valence-corrected chi connectivity index (χ3v) is 5.70. The number of hydrogen-bond donors (Lipinski definition) is 2. The molecule has 2 N–H and O–H groups in total. The van der Waals surface area contributed by atoms with Crippen molar-refractivity contribution in [2.75, 3.05) is 32.8 Å². The predicted molar refractivity (Wildman–Crippen MR) is 119 cm³/mol. The first-order valence-corrected chi connectivity index (χ1v) is 11.1. The summed E-state index contributed by atoms with van der Waals surface area (Å²) < 4.78 is 17.2. The van der Waals surface area contributed by atoms with Crippen molar-refractivity contribution in [3.63, 3.8) is 0 Å². The number of carbonyl (C=O) groups excluding carboxylic acids is 1. The van der Waals surface area contributed by atoms with Crippen molar-refractivity contribution in [2.45, 2.75) is 32.3 Å². The van der Waals surface area contributed by atoms with Crippen LogP contribution >= 0.6 is 0 Å². The quantitative estimate of drug-likeness (QED) is 0.544. The Morgan fingerprint density at radius 1 is 1.13 bits per heavy atom. The lowest BCUT2D eigenvalue weighted by Crippen LogP contribution is -3.14. The Labute approximate surface area is 182 Å². The van der Waals surface area contributed by atoms with Gasteiger partial charge < -0.3 is 23.9 Å². The van der Waals surface area contributed by atoms with Gasteiger partial charge in [-0.3, -0.25) is 0 Å². The molecule has 0 amide bonds. The second-order valence-corrected chi connectivity index (χ2v) is 8.03. The molecule has 3 aromatic rings. The van der Waals surface area contributed by atoms with E-state index >= 15 is 0 Å². The zero-order chi connectivity index (χ0) is 21.6. The summed E-state index contributed by atoms with van der Waals surface area (Å²) in [6.45, 7) is 5.20. The standard InChI is InChI=1S/C25H29NO5/c1-2-29-25(28)23-21-15-20(30-17-19(27)16-26-13-7-4-8-14-26)11-12-22(21)31-24(23)18-9-5-3-6-10-18/h3,5-6,9-12,15,19,27H,2,4,7-8,13-14,16-17H2,1H3/p+1/t19-/m1/s1. The monoisotopic (exact) mass is 424 g/mol. The maximum absolute atomic E-state index is 12.7. The molecule has 1 aliphatic rings. The number of hydrogen-bond acceptors (Lipinski definition) is 5. The van der Waals surface area contributed by atoms with Crippen molar-refractivity contribution in [1.29, 1.82) is 0 Å². The highest BCUT2D eigenvalue weighted by atomic mass is 16.5. The molecule has 4 rings (SSSR count). The lowest BCUT2D eigenvalue weighted by Gasteiger charge is -2.25. The first-order valence-electron chi connectivity index (χ1n) is 11.1. The average molecular weight is 425 g/mol. The van der Waals surface area contributed by atoms with Crippen LogP contribution in [-0.4, -0.2) is 50.0 Å². The molecule has 6 heteroatoms. The van der Waals surface area contributed by atoms with Crippen LogP contribution in [0.3, 0.4) is 0 Å². The lowest BCUT2D eigenvalue weighted by molar-refractivity contribution is -0.908. The number of esters is 1. The van der Waals surface area contributed by atoms with Crippen LogP contribution in [0.1, 0.15) is 36.5 Å². The summed E-state index contributed by atoms with van der Waals surface area (Å²) >= 11 is 0. The first kappa shape index (κ1) is 21.4. The van der Waals surface area contributed by atoms with Gasteiger partial charge in [0.15, 0.2) is 0 Å². The van der Waals surface area contributed by atoms with Crippen LogP contribution in [0.2, 0.25) is 0 Å². The van der Waals surface area contributed by atoms with E-state index in [0.717, 1.165) is 18.7 Å². The number of ether oxygens (including phenoxy) is 2. The molecule has 0 aliphatic carbocycles. The van der Waals surface area contributed by atoms with Crippen molar-refractivity contribution in [1.82, 2.24) is 0 Å². The van der Waals surface area contributed by atoms with Gasteiger partial charge in [0.25, 0.3) is 0 Å². The summed E-state index contributed by atoms with van der Waals surface area (Å²) in [6, 6.07) is 14.9. The summed E-state index contributed by atoms with van der Waals surface area (Å²) in [5, 5.41) is 11.0. The third-order valence-electron chi connectivity index (χ3n) is 5.70. The Morgan fingerprint density at radius 3 is 2.65 bits per heavy atom. The van der Waals surface area contributed by atoms with Gasteiger partial charge in [0.2, 0.25) is 0 Å². The molecule has 1 fully saturated rings. The minimum absolute atomic E-state index is 0.215. The van der Waals surface area contributed by atoms with E-state index in [0.29, 0.717) is 34.6 Å². The Bertz CT molecular complexity index is 1010. The normalized spacial score (nSPS) is 15.7. The van der Waals surface area contributed by atoms with E-state index in [-0.39, 0.29) is 13.2 Å². The first-order chi connectivity index (χ1) is 15.2. The van der Waals surface area contributed by atoms with Crippen LogP contribution in [0.25, 0.3) is 22.3 Å². The number of nitrogens with one attached hydrogen (secondary N) is 1. The van der Waals surface area contributed by atoms with Crippen LogP contribution in [0.5, 0.6) is 5.75 Å². The van der Waals surface area contributed by atoms with E-state index in [1.807, 2.05) is 30.3 Å². The second kappa shape index (κ2) is 9.98. The fourth-order valence-electron chi connectivity index (χ4n) is 4.21. The number of aliphatic hydroxyl groups is 1. The maximum atomic E-state index is 12.7. The summed E-state index contributed by atoms with van der Waals surface area (Å²) in [7, 11) is 0. The molecule has 1 saturated heterocycles. The number of rotatable bonds is 8. The molecular formula is C25H30NO5+. The number of carbonyl (C=O) groups is 1. The molecule has 6 nitrogen and oxygen atoms in total. The summed E-state index contributed by atoms with van der Waals surface area (Å²) in [5.41, 5.74) is 1.79. The number of quaternary nitrogens is 1. The smallest absolute Gasteiger partial charge is 0.342 e. The van der Waals surface area contributed by atoms with Gasteiger partial charge in [0.1, 0.15) is 41.9 Å². The van der Waals surface area contributed by atoms with E-state index in [1.165, 1.54) is 24.2 Å². The topological polar surface area (TPSA) is 73.3 Å². The number of furan rings is 1. The molecule has 164 valence electrons. The molecule has 31 heavy (non-hydrogen) atoms. The van der Waals surface area contributed by atoms with Crippen molar-refractivity contribution < 1.29 is 28.7 Å². The van der Waals surface area contributed by atoms with Crippen LogP contribution in [0.4, 0.5) is 0 Å². The fourth-order valence-corrected chi connectivity index (χ4v) is 4.21. The number of likely N-dealkylation sites (tertiary alicyclic amines) is 1. The summed E-state index contributed by atoms with van der Waals surface area (Å²) in [4.78, 5) is 14.2. The molecule has 0 unspecified atom stereocenters. The van der Waals surface area contributed by atoms with Crippen LogP contribution < -0.4 is 9.64 Å². The number of benzene rings is 2. The molecule has 0 radical (unpaired) electrons. The van der Waals surface area contributed by atoms with Crippen molar-refractivity contribution in [3.8, 4) is 17.1 Å². The Balaban J connectivity index is 1.55. The zero-order valence-corrected chi connectivity index (χ0v) is 17.9. The predicted octanol–water partition coefficient (Wildman–Crippen LogP) is 3.09. The van der Waals surface area contributed by atoms with E-state index in [9.17, 15) is 9.90 Å². The fraction of sp³-hybridized carbons (Fsp3) is 0.400. The maximum Gasteiger partial charge on any atom is 0.342 e. The lowest BCUT2D eigenvalue weighted by atomic mass is 10.1. The third kappa shape index (κ3) is 5.09. The average Bonchev–Trinajstić information content (AvgIpc) is 3.18. The van der Waals surface area contributed by atoms with Crippen LogP contribution in [0, 0.1) is 0 Å². The van der Waals surface area contributed by atoms with E-state index in [4.69, 9.17) is 13.9 Å². The highest BCUT2D eigenvalue weighted by Crippen LogP contribution is 2.36. The molecule has 2 heterocycles.